The van der Waals surface area contributed by atoms with Crippen LogP contribution in [-0.2, 0) is 26.0 Å². The third kappa shape index (κ3) is 12.3. The first-order valence-corrected chi connectivity index (χ1v) is 32.8. The van der Waals surface area contributed by atoms with Crippen LogP contribution in [0.15, 0.2) is 96.2 Å². The number of ether oxygens (including phenoxy) is 3. The predicted octanol–water partition coefficient (Wildman–Crippen LogP) is 8.94. The Kier molecular flexibility index (Phi) is 16.6. The molecule has 7 aliphatic rings. The number of aryl methyl sites for hydroxylation is 1. The van der Waals surface area contributed by atoms with Crippen LogP contribution in [0.4, 0.5) is 40.1 Å². The molecule has 21 nitrogen and oxygen atoms in total. The van der Waals surface area contributed by atoms with Crippen molar-refractivity contribution in [2.24, 2.45) is 11.3 Å². The number of pyridine rings is 2. The summed E-state index contributed by atoms with van der Waals surface area (Å²) in [5, 5.41) is 27.0. The number of fused-ring (bicyclic) bond motifs is 4. The van der Waals surface area contributed by atoms with Crippen LogP contribution < -0.4 is 34.4 Å². The van der Waals surface area contributed by atoms with Gasteiger partial charge in [0.1, 0.15) is 11.3 Å². The fraction of sp³-hybridized carbons (Fsp3) is 0.523. The third-order valence-electron chi connectivity index (χ3n) is 20.0. The molecule has 8 heterocycles. The molecule has 13 rings (SSSR count). The van der Waals surface area contributed by atoms with E-state index in [-0.39, 0.29) is 34.7 Å². The fourth-order valence-electron chi connectivity index (χ4n) is 15.0. The molecule has 87 heavy (non-hydrogen) atoms. The van der Waals surface area contributed by atoms with Gasteiger partial charge in [-0.3, -0.25) is 24.7 Å². The maximum atomic E-state index is 14.9. The number of piperazine rings is 1. The SMILES string of the molecule is COc1cc(CN2CCN(C3CC4(CCN(c5ccc(C(=O)NS(=O)(=O)c6ccc(NC[C@H]7CC[C@](C)(O)CC7)c([N+](=O)[O-])c6)c(N6CC[C@@H]7COCCCN7c7nc8[nH]ccc8cc76)c5)CC4)C3)[C@H](c3ccccc3C)C2)cnc1N1CCOCC1. The number of aromatic nitrogens is 3. The molecular formula is C65H82N12O9S. The normalized spacial score (nSPS) is 24.0. The van der Waals surface area contributed by atoms with Crippen LogP contribution in [0, 0.1) is 28.4 Å². The fourth-order valence-corrected chi connectivity index (χ4v) is 15.9. The second-order valence-corrected chi connectivity index (χ2v) is 27.4. The Bertz CT molecular complexity index is 3610. The molecule has 0 unspecified atom stereocenters. The number of nitrogens with one attached hydrogen (secondary N) is 3. The number of methoxy groups -OCH3 is 1. The molecule has 1 amide bonds. The first kappa shape index (κ1) is 58.9. The minimum absolute atomic E-state index is 0.0101. The van der Waals surface area contributed by atoms with Gasteiger partial charge < -0.3 is 49.2 Å². The van der Waals surface area contributed by atoms with Crippen LogP contribution in [0.1, 0.15) is 104 Å². The standard InChI is InChI=1S/C65H82N12O9S/c1-44-7-4-5-8-52(44)58-42-71(41-46-33-59(84-3)62(68-40-46)73-28-31-85-32-29-73)26-27-74(58)50-37-65(38-50)19-24-72(25-20-65)48-9-11-53(55(35-48)76-23-16-49-43-86-30-6-22-75(49)61-57(76)34-47-15-21-66-60(47)69-61)63(78)70-87(82,83)51-10-12-54(56(36-51)77(80)81)67-39-45-13-17-64(2,79)18-14-45/h4-5,7-12,15,21,33-36,40,45,49-50,58,67,79H,6,13-14,16-20,22-32,37-39,41-43H2,1-3H3,(H,66,69)(H,70,78)/t45-,49-,58+,64-/m1/s1. The van der Waals surface area contributed by atoms with E-state index in [9.17, 15) is 28.4 Å². The molecule has 22 heteroatoms. The molecule has 0 radical (unpaired) electrons. The van der Waals surface area contributed by atoms with Crippen molar-refractivity contribution in [1.82, 2.24) is 29.5 Å². The Morgan fingerprint density at radius 1 is 0.862 bits per heavy atom. The lowest BCUT2D eigenvalue weighted by Crippen LogP contribution is -2.59. The number of morpholine rings is 1. The van der Waals surface area contributed by atoms with Crippen LogP contribution in [0.2, 0.25) is 0 Å². The zero-order valence-electron chi connectivity index (χ0n) is 50.3. The summed E-state index contributed by atoms with van der Waals surface area (Å²) in [5.41, 5.74) is 6.26. The number of H-pyrrole nitrogens is 1. The van der Waals surface area contributed by atoms with Crippen molar-refractivity contribution in [2.75, 3.05) is 124 Å². The van der Waals surface area contributed by atoms with E-state index in [0.717, 1.165) is 155 Å². The van der Waals surface area contributed by atoms with Gasteiger partial charge in [0.15, 0.2) is 17.4 Å². The molecular weight excluding hydrogens is 1120 g/mol. The lowest BCUT2D eigenvalue weighted by Gasteiger charge is -2.58. The van der Waals surface area contributed by atoms with Gasteiger partial charge in [-0.2, -0.15) is 0 Å². The summed E-state index contributed by atoms with van der Waals surface area (Å²) >= 11 is 0. The number of benzene rings is 3. The summed E-state index contributed by atoms with van der Waals surface area (Å²) in [6.45, 7) is 15.1. The number of piperidine rings is 1. The highest BCUT2D eigenvalue weighted by molar-refractivity contribution is 7.90. The number of nitro benzene ring substituents is 1. The van der Waals surface area contributed by atoms with Gasteiger partial charge in [0.2, 0.25) is 0 Å². The van der Waals surface area contributed by atoms with Gasteiger partial charge >= 0.3 is 0 Å². The Hall–Kier alpha value is -7.08. The zero-order valence-corrected chi connectivity index (χ0v) is 51.1. The average Bonchev–Trinajstić information content (AvgIpc) is 1.64. The summed E-state index contributed by atoms with van der Waals surface area (Å²) in [7, 11) is -2.90. The highest BCUT2D eigenvalue weighted by Crippen LogP contribution is 2.54. The van der Waals surface area contributed by atoms with Crippen molar-refractivity contribution < 1.29 is 37.5 Å². The molecule has 2 aliphatic carbocycles. The van der Waals surface area contributed by atoms with Crippen molar-refractivity contribution in [3.8, 4) is 5.75 Å². The number of sulfonamides is 1. The Balaban J connectivity index is 0.741. The van der Waals surface area contributed by atoms with Gasteiger partial charge in [0.25, 0.3) is 21.6 Å². The molecule has 6 aromatic rings. The highest BCUT2D eigenvalue weighted by Gasteiger charge is 2.50. The van der Waals surface area contributed by atoms with Crippen LogP contribution in [0.5, 0.6) is 5.75 Å². The van der Waals surface area contributed by atoms with Gasteiger partial charge in [-0.05, 0) is 155 Å². The number of anilines is 6. The number of aliphatic hydroxyl groups is 1. The number of hydrogen-bond donors (Lipinski definition) is 4. The van der Waals surface area contributed by atoms with E-state index < -0.39 is 37.0 Å². The number of aromatic amines is 1. The number of nitro groups is 1. The van der Waals surface area contributed by atoms with Crippen molar-refractivity contribution >= 4 is 67.0 Å². The molecule has 5 aliphatic heterocycles. The number of carbonyl (C=O) groups excluding carboxylic acids is 1. The van der Waals surface area contributed by atoms with Gasteiger partial charge in [-0.15, -0.1) is 0 Å². The summed E-state index contributed by atoms with van der Waals surface area (Å²) in [4.78, 5) is 54.3. The summed E-state index contributed by atoms with van der Waals surface area (Å²) in [6, 6.07) is 25.2. The van der Waals surface area contributed by atoms with Crippen LogP contribution in [0.3, 0.4) is 0 Å². The number of amides is 1. The molecule has 1 spiro atoms. The van der Waals surface area contributed by atoms with Crippen molar-refractivity contribution in [3.63, 3.8) is 0 Å². The van der Waals surface area contributed by atoms with Crippen LogP contribution in [0.25, 0.3) is 11.0 Å². The van der Waals surface area contributed by atoms with Crippen molar-refractivity contribution in [3.05, 3.63) is 124 Å². The lowest BCUT2D eigenvalue weighted by atomic mass is 9.59. The van der Waals surface area contributed by atoms with Crippen LogP contribution >= 0.6 is 0 Å². The molecule has 3 aromatic heterocycles. The largest absolute Gasteiger partial charge is 0.493 e. The quantitative estimate of drug-likeness (QED) is 0.0556. The monoisotopic (exact) mass is 1210 g/mol. The molecule has 2 atom stereocenters. The van der Waals surface area contributed by atoms with E-state index in [2.05, 4.69) is 87.7 Å². The number of nitrogens with zero attached hydrogens (tertiary/aromatic N) is 9. The van der Waals surface area contributed by atoms with Crippen molar-refractivity contribution in [1.29, 1.82) is 0 Å². The van der Waals surface area contributed by atoms with E-state index in [4.69, 9.17) is 24.2 Å². The van der Waals surface area contributed by atoms with Crippen molar-refractivity contribution in [2.45, 2.75) is 113 Å². The maximum Gasteiger partial charge on any atom is 0.293 e. The Morgan fingerprint density at radius 3 is 2.45 bits per heavy atom. The molecule has 0 bridgehead atoms. The molecule has 2 saturated carbocycles. The smallest absolute Gasteiger partial charge is 0.293 e. The lowest BCUT2D eigenvalue weighted by molar-refractivity contribution is -0.384. The topological polar surface area (TPSA) is 227 Å². The minimum atomic E-state index is -4.63. The summed E-state index contributed by atoms with van der Waals surface area (Å²) < 4.78 is 48.7. The molecule has 6 fully saturated rings. The number of rotatable bonds is 15. The van der Waals surface area contributed by atoms with Gasteiger partial charge in [0, 0.05) is 120 Å². The molecule has 4 saturated heterocycles. The first-order chi connectivity index (χ1) is 42.1. The minimum Gasteiger partial charge on any atom is -0.493 e. The molecule has 4 N–H and O–H groups in total. The Morgan fingerprint density at radius 2 is 1.67 bits per heavy atom. The van der Waals surface area contributed by atoms with Crippen LogP contribution in [-0.4, -0.2) is 166 Å². The highest BCUT2D eigenvalue weighted by atomic mass is 32.2. The van der Waals surface area contributed by atoms with E-state index >= 15 is 0 Å². The zero-order chi connectivity index (χ0) is 60.0. The van der Waals surface area contributed by atoms with Gasteiger partial charge in [-0.25, -0.2) is 23.1 Å². The second kappa shape index (κ2) is 24.5. The van der Waals surface area contributed by atoms with E-state index in [0.29, 0.717) is 70.5 Å². The van der Waals surface area contributed by atoms with E-state index in [1.807, 2.05) is 37.5 Å². The van der Waals surface area contributed by atoms with E-state index in [1.165, 1.54) is 23.3 Å². The molecule has 3 aromatic carbocycles. The molecule has 462 valence electrons. The predicted molar refractivity (Wildman–Crippen MR) is 336 cm³/mol. The second-order valence-electron chi connectivity index (χ2n) is 25.7. The third-order valence-corrected chi connectivity index (χ3v) is 21.4. The number of carbonyl (C=O) groups is 1. The van der Waals surface area contributed by atoms with Gasteiger partial charge in [-0.1, -0.05) is 24.3 Å². The number of hydrogen-bond acceptors (Lipinski definition) is 18. The summed E-state index contributed by atoms with van der Waals surface area (Å²) in [6.07, 6.45) is 12.5. The first-order valence-electron chi connectivity index (χ1n) is 31.3. The maximum absolute atomic E-state index is 14.9. The summed E-state index contributed by atoms with van der Waals surface area (Å²) in [5.74, 6) is 1.78. The Labute approximate surface area is 509 Å². The van der Waals surface area contributed by atoms with E-state index in [1.54, 1.807) is 13.2 Å². The van der Waals surface area contributed by atoms with Gasteiger partial charge in [0.05, 0.1) is 65.3 Å². The average molecular weight is 1210 g/mol.